The molecule has 0 radical (unpaired) electrons. The molecule has 0 unspecified atom stereocenters. The Labute approximate surface area is 153 Å². The first-order chi connectivity index (χ1) is 12.0. The van der Waals surface area contributed by atoms with Gasteiger partial charge in [0.15, 0.2) is 5.96 Å². The van der Waals surface area contributed by atoms with Gasteiger partial charge in [0, 0.05) is 30.4 Å². The summed E-state index contributed by atoms with van der Waals surface area (Å²) in [6.07, 6.45) is 2.07. The average molecular weight is 358 g/mol. The summed E-state index contributed by atoms with van der Waals surface area (Å²) in [7, 11) is 0. The molecule has 0 spiro atoms. The van der Waals surface area contributed by atoms with E-state index in [-0.39, 0.29) is 5.96 Å². The Morgan fingerprint density at radius 1 is 1.20 bits per heavy atom. The SMILES string of the molecule is Cc1ccc(CN(CCN=C(N)N)C2Cc3ccccc3C2)c(Cl)n1. The van der Waals surface area contributed by atoms with Gasteiger partial charge in [0.2, 0.25) is 0 Å². The number of rotatable bonds is 6. The van der Waals surface area contributed by atoms with Crippen LogP contribution in [0.4, 0.5) is 0 Å². The topological polar surface area (TPSA) is 80.5 Å². The van der Waals surface area contributed by atoms with E-state index < -0.39 is 0 Å². The quantitative estimate of drug-likeness (QED) is 0.472. The van der Waals surface area contributed by atoms with Crippen molar-refractivity contribution in [1.82, 2.24) is 9.88 Å². The fourth-order valence-electron chi connectivity index (χ4n) is 3.38. The number of aryl methyl sites for hydroxylation is 1. The van der Waals surface area contributed by atoms with Crippen LogP contribution in [0.5, 0.6) is 0 Å². The minimum absolute atomic E-state index is 0.129. The molecule has 2 aromatic rings. The van der Waals surface area contributed by atoms with Gasteiger partial charge in [-0.15, -0.1) is 0 Å². The predicted molar refractivity (Wildman–Crippen MR) is 103 cm³/mol. The molecule has 6 heteroatoms. The Bertz CT molecular complexity index is 745. The summed E-state index contributed by atoms with van der Waals surface area (Å²) >= 11 is 6.35. The summed E-state index contributed by atoms with van der Waals surface area (Å²) in [6.45, 7) is 4.04. The van der Waals surface area contributed by atoms with Gasteiger partial charge in [-0.05, 0) is 37.0 Å². The van der Waals surface area contributed by atoms with Crippen LogP contribution in [0.25, 0.3) is 0 Å². The van der Waals surface area contributed by atoms with Gasteiger partial charge < -0.3 is 11.5 Å². The molecule has 1 aromatic carbocycles. The summed E-state index contributed by atoms with van der Waals surface area (Å²) in [6, 6.07) is 13.1. The molecule has 4 N–H and O–H groups in total. The standard InChI is InChI=1S/C19H24ClN5/c1-13-6-7-16(18(20)24-13)12-25(9-8-23-19(21)22)17-10-14-4-2-3-5-15(14)11-17/h2-7,17H,8-12H2,1H3,(H4,21,22,23). The fourth-order valence-corrected chi connectivity index (χ4v) is 3.64. The Morgan fingerprint density at radius 3 is 2.48 bits per heavy atom. The molecular formula is C19H24ClN5. The van der Waals surface area contributed by atoms with Gasteiger partial charge in [-0.25, -0.2) is 4.98 Å². The van der Waals surface area contributed by atoms with Crippen LogP contribution in [-0.4, -0.2) is 35.0 Å². The van der Waals surface area contributed by atoms with Crippen LogP contribution in [0.2, 0.25) is 5.15 Å². The predicted octanol–water partition coefficient (Wildman–Crippen LogP) is 2.29. The lowest BCUT2D eigenvalue weighted by molar-refractivity contribution is 0.198. The van der Waals surface area contributed by atoms with Gasteiger partial charge in [-0.3, -0.25) is 9.89 Å². The second-order valence-corrected chi connectivity index (χ2v) is 6.87. The lowest BCUT2D eigenvalue weighted by Gasteiger charge is -2.28. The minimum atomic E-state index is 0.129. The van der Waals surface area contributed by atoms with Crippen LogP contribution in [0.1, 0.15) is 22.4 Å². The monoisotopic (exact) mass is 357 g/mol. The maximum Gasteiger partial charge on any atom is 0.185 e. The molecular weight excluding hydrogens is 334 g/mol. The Balaban J connectivity index is 1.77. The van der Waals surface area contributed by atoms with Gasteiger partial charge in [-0.1, -0.05) is 41.9 Å². The fraction of sp³-hybridized carbons (Fsp3) is 0.368. The van der Waals surface area contributed by atoms with Crippen molar-refractivity contribution in [2.75, 3.05) is 13.1 Å². The number of nitrogens with two attached hydrogens (primary N) is 2. The third kappa shape index (κ3) is 4.50. The highest BCUT2D eigenvalue weighted by molar-refractivity contribution is 6.30. The van der Waals surface area contributed by atoms with Crippen molar-refractivity contribution in [2.45, 2.75) is 32.4 Å². The molecule has 132 valence electrons. The number of benzene rings is 1. The van der Waals surface area contributed by atoms with Crippen molar-refractivity contribution in [3.05, 3.63) is 63.9 Å². The average Bonchev–Trinajstić information content (AvgIpc) is 2.99. The Kier molecular flexibility index (Phi) is 5.56. The highest BCUT2D eigenvalue weighted by Crippen LogP contribution is 2.27. The summed E-state index contributed by atoms with van der Waals surface area (Å²) in [5, 5.41) is 0.572. The van der Waals surface area contributed by atoms with Crippen molar-refractivity contribution < 1.29 is 0 Å². The zero-order valence-corrected chi connectivity index (χ0v) is 15.2. The number of fused-ring (bicyclic) bond motifs is 1. The van der Waals surface area contributed by atoms with Crippen LogP contribution in [-0.2, 0) is 19.4 Å². The highest BCUT2D eigenvalue weighted by Gasteiger charge is 2.27. The molecule has 25 heavy (non-hydrogen) atoms. The van der Waals surface area contributed by atoms with E-state index in [9.17, 15) is 0 Å². The van der Waals surface area contributed by atoms with Gasteiger partial charge in [-0.2, -0.15) is 0 Å². The van der Waals surface area contributed by atoms with E-state index in [1.807, 2.05) is 13.0 Å². The van der Waals surface area contributed by atoms with Crippen molar-refractivity contribution in [3.63, 3.8) is 0 Å². The molecule has 1 aliphatic rings. The molecule has 0 atom stereocenters. The molecule has 5 nitrogen and oxygen atoms in total. The summed E-state index contributed by atoms with van der Waals surface area (Å²) in [4.78, 5) is 10.9. The van der Waals surface area contributed by atoms with Gasteiger partial charge >= 0.3 is 0 Å². The number of aromatic nitrogens is 1. The molecule has 0 aliphatic heterocycles. The number of hydrogen-bond donors (Lipinski definition) is 2. The number of nitrogens with zero attached hydrogens (tertiary/aromatic N) is 3. The molecule has 1 heterocycles. The van der Waals surface area contributed by atoms with Gasteiger partial charge in [0.1, 0.15) is 5.15 Å². The van der Waals surface area contributed by atoms with E-state index in [0.29, 0.717) is 17.7 Å². The zero-order valence-electron chi connectivity index (χ0n) is 14.5. The third-order valence-corrected chi connectivity index (χ3v) is 4.99. The molecule has 0 fully saturated rings. The Hall–Kier alpha value is -2.11. The first-order valence-electron chi connectivity index (χ1n) is 8.51. The second-order valence-electron chi connectivity index (χ2n) is 6.51. The maximum atomic E-state index is 6.35. The van der Waals surface area contributed by atoms with Gasteiger partial charge in [0.25, 0.3) is 0 Å². The maximum absolute atomic E-state index is 6.35. The summed E-state index contributed by atoms with van der Waals surface area (Å²) in [5.74, 6) is 0.129. The summed E-state index contributed by atoms with van der Waals surface area (Å²) < 4.78 is 0. The van der Waals surface area contributed by atoms with E-state index >= 15 is 0 Å². The normalized spacial score (nSPS) is 13.9. The largest absolute Gasteiger partial charge is 0.370 e. The van der Waals surface area contributed by atoms with Crippen LogP contribution in [0.3, 0.4) is 0 Å². The molecule has 0 bridgehead atoms. The smallest absolute Gasteiger partial charge is 0.185 e. The van der Waals surface area contributed by atoms with Crippen molar-refractivity contribution in [3.8, 4) is 0 Å². The van der Waals surface area contributed by atoms with E-state index in [2.05, 4.69) is 45.2 Å². The lowest BCUT2D eigenvalue weighted by atomic mass is 10.1. The summed E-state index contributed by atoms with van der Waals surface area (Å²) in [5.41, 5.74) is 15.8. The number of hydrogen-bond acceptors (Lipinski definition) is 3. The molecule has 0 saturated carbocycles. The zero-order chi connectivity index (χ0) is 17.8. The third-order valence-electron chi connectivity index (χ3n) is 4.67. The number of aliphatic imine (C=N–C) groups is 1. The number of halogens is 1. The van der Waals surface area contributed by atoms with E-state index in [0.717, 1.165) is 37.2 Å². The molecule has 1 aliphatic carbocycles. The van der Waals surface area contributed by atoms with Crippen LogP contribution in [0, 0.1) is 6.92 Å². The second kappa shape index (κ2) is 7.85. The number of guanidine groups is 1. The highest BCUT2D eigenvalue weighted by atomic mass is 35.5. The molecule has 0 amide bonds. The van der Waals surface area contributed by atoms with Crippen LogP contribution >= 0.6 is 11.6 Å². The first kappa shape index (κ1) is 17.7. The Morgan fingerprint density at radius 2 is 1.88 bits per heavy atom. The first-order valence-corrected chi connectivity index (χ1v) is 8.89. The van der Waals surface area contributed by atoms with Crippen molar-refractivity contribution in [2.24, 2.45) is 16.5 Å². The van der Waals surface area contributed by atoms with Crippen molar-refractivity contribution >= 4 is 17.6 Å². The minimum Gasteiger partial charge on any atom is -0.370 e. The van der Waals surface area contributed by atoms with Crippen LogP contribution in [0.15, 0.2) is 41.4 Å². The van der Waals surface area contributed by atoms with Gasteiger partial charge in [0.05, 0.1) is 6.54 Å². The number of pyridine rings is 1. The van der Waals surface area contributed by atoms with E-state index in [1.54, 1.807) is 0 Å². The molecule has 0 saturated heterocycles. The molecule has 3 rings (SSSR count). The van der Waals surface area contributed by atoms with E-state index in [1.165, 1.54) is 11.1 Å². The lowest BCUT2D eigenvalue weighted by Crippen LogP contribution is -2.38. The van der Waals surface area contributed by atoms with E-state index in [4.69, 9.17) is 23.1 Å². The van der Waals surface area contributed by atoms with Crippen molar-refractivity contribution in [1.29, 1.82) is 0 Å². The van der Waals surface area contributed by atoms with Crippen LogP contribution < -0.4 is 11.5 Å². The molecule has 1 aromatic heterocycles.